The third kappa shape index (κ3) is 3.78. The maximum Gasteiger partial charge on any atom is 0.161 e. The predicted octanol–water partition coefficient (Wildman–Crippen LogP) is 5.29. The number of aromatic amines is 1. The average Bonchev–Trinajstić information content (AvgIpc) is 3.26. The topological polar surface area (TPSA) is 70.5 Å². The molecule has 1 aromatic heterocycles. The second-order valence-corrected chi connectivity index (χ2v) is 9.23. The van der Waals surface area contributed by atoms with Gasteiger partial charge in [0.25, 0.3) is 0 Å². The SMILES string of the molecule is COc1ccc2[nH]c3c(c2c1)CC1c2cc(OC)c(OCc4ccc(C#N)cc4)cc2CCN1C3. The first-order chi connectivity index (χ1) is 17.2. The van der Waals surface area contributed by atoms with E-state index in [4.69, 9.17) is 19.5 Å². The van der Waals surface area contributed by atoms with Gasteiger partial charge in [-0.15, -0.1) is 0 Å². The second-order valence-electron chi connectivity index (χ2n) is 9.23. The van der Waals surface area contributed by atoms with E-state index in [1.165, 1.54) is 33.3 Å². The van der Waals surface area contributed by atoms with E-state index in [0.29, 0.717) is 18.2 Å². The van der Waals surface area contributed by atoms with Gasteiger partial charge in [-0.3, -0.25) is 4.90 Å². The van der Waals surface area contributed by atoms with Crippen LogP contribution in [0.5, 0.6) is 17.2 Å². The van der Waals surface area contributed by atoms with E-state index in [2.05, 4.69) is 40.2 Å². The van der Waals surface area contributed by atoms with Gasteiger partial charge in [-0.25, -0.2) is 0 Å². The number of methoxy groups -OCH3 is 2. The van der Waals surface area contributed by atoms with Gasteiger partial charge in [0.05, 0.1) is 25.9 Å². The summed E-state index contributed by atoms with van der Waals surface area (Å²) >= 11 is 0. The Bertz CT molecular complexity index is 1450. The summed E-state index contributed by atoms with van der Waals surface area (Å²) in [7, 11) is 3.41. The van der Waals surface area contributed by atoms with E-state index in [0.717, 1.165) is 48.7 Å². The van der Waals surface area contributed by atoms with Gasteiger partial charge in [-0.05, 0) is 77.6 Å². The number of hydrogen-bond acceptors (Lipinski definition) is 5. The minimum Gasteiger partial charge on any atom is -0.497 e. The fourth-order valence-corrected chi connectivity index (χ4v) is 5.47. The van der Waals surface area contributed by atoms with Crippen LogP contribution in [0.25, 0.3) is 10.9 Å². The molecular weight excluding hydrogens is 438 g/mol. The molecule has 0 spiro atoms. The maximum absolute atomic E-state index is 9.01. The smallest absolute Gasteiger partial charge is 0.161 e. The minimum atomic E-state index is 0.304. The first-order valence-corrected chi connectivity index (χ1v) is 11.9. The van der Waals surface area contributed by atoms with Crippen LogP contribution in [0.4, 0.5) is 0 Å². The lowest BCUT2D eigenvalue weighted by atomic mass is 9.85. The van der Waals surface area contributed by atoms with Gasteiger partial charge in [-0.2, -0.15) is 5.26 Å². The molecule has 4 aromatic rings. The summed E-state index contributed by atoms with van der Waals surface area (Å²) < 4.78 is 17.4. The molecule has 1 N–H and O–H groups in total. The number of nitrogens with zero attached hydrogens (tertiary/aromatic N) is 2. The summed E-state index contributed by atoms with van der Waals surface area (Å²) in [6.45, 7) is 2.35. The summed E-state index contributed by atoms with van der Waals surface area (Å²) in [4.78, 5) is 6.20. The Morgan fingerprint density at radius 3 is 2.66 bits per heavy atom. The Kier molecular flexibility index (Phi) is 5.35. The third-order valence-corrected chi connectivity index (χ3v) is 7.33. The number of fused-ring (bicyclic) bond motifs is 6. The highest BCUT2D eigenvalue weighted by Gasteiger charge is 2.34. The minimum absolute atomic E-state index is 0.304. The molecule has 2 aliphatic heterocycles. The molecule has 6 rings (SSSR count). The second kappa shape index (κ2) is 8.68. The van der Waals surface area contributed by atoms with E-state index in [-0.39, 0.29) is 0 Å². The number of hydrogen-bond donors (Lipinski definition) is 1. The van der Waals surface area contributed by atoms with Crippen molar-refractivity contribution in [3.63, 3.8) is 0 Å². The Balaban J connectivity index is 1.30. The molecule has 0 bridgehead atoms. The fraction of sp³-hybridized carbons (Fsp3) is 0.276. The van der Waals surface area contributed by atoms with Gasteiger partial charge in [0, 0.05) is 35.7 Å². The molecule has 6 nitrogen and oxygen atoms in total. The number of H-pyrrole nitrogens is 1. The maximum atomic E-state index is 9.01. The summed E-state index contributed by atoms with van der Waals surface area (Å²) in [5, 5.41) is 10.3. The van der Waals surface area contributed by atoms with Crippen LogP contribution < -0.4 is 14.2 Å². The predicted molar refractivity (Wildman–Crippen MR) is 134 cm³/mol. The normalized spacial score (nSPS) is 16.7. The monoisotopic (exact) mass is 465 g/mol. The van der Waals surface area contributed by atoms with Crippen molar-refractivity contribution in [1.82, 2.24) is 9.88 Å². The molecule has 1 atom stereocenters. The molecule has 176 valence electrons. The molecule has 2 aliphatic rings. The van der Waals surface area contributed by atoms with Crippen molar-refractivity contribution in [1.29, 1.82) is 5.26 Å². The molecule has 35 heavy (non-hydrogen) atoms. The van der Waals surface area contributed by atoms with Crippen molar-refractivity contribution in [3.05, 3.63) is 88.1 Å². The molecule has 0 aliphatic carbocycles. The Morgan fingerprint density at radius 1 is 1.03 bits per heavy atom. The van der Waals surface area contributed by atoms with E-state index in [9.17, 15) is 0 Å². The van der Waals surface area contributed by atoms with Gasteiger partial charge in [-0.1, -0.05) is 12.1 Å². The number of benzene rings is 3. The lowest BCUT2D eigenvalue weighted by Gasteiger charge is -2.40. The van der Waals surface area contributed by atoms with Crippen molar-refractivity contribution in [2.24, 2.45) is 0 Å². The molecule has 0 amide bonds. The lowest BCUT2D eigenvalue weighted by molar-refractivity contribution is 0.158. The molecular formula is C29H27N3O3. The van der Waals surface area contributed by atoms with E-state index in [1.807, 2.05) is 30.3 Å². The highest BCUT2D eigenvalue weighted by atomic mass is 16.5. The molecule has 3 aromatic carbocycles. The molecule has 0 fully saturated rings. The quantitative estimate of drug-likeness (QED) is 0.434. The molecule has 6 heteroatoms. The Morgan fingerprint density at radius 2 is 1.89 bits per heavy atom. The van der Waals surface area contributed by atoms with Gasteiger partial charge in [0.2, 0.25) is 0 Å². The number of aromatic nitrogens is 1. The molecule has 1 unspecified atom stereocenters. The Labute approximate surface area is 204 Å². The van der Waals surface area contributed by atoms with Gasteiger partial charge < -0.3 is 19.2 Å². The molecule has 0 saturated heterocycles. The van der Waals surface area contributed by atoms with Crippen LogP contribution in [-0.4, -0.2) is 30.6 Å². The number of nitriles is 1. The van der Waals surface area contributed by atoms with Gasteiger partial charge >= 0.3 is 0 Å². The largest absolute Gasteiger partial charge is 0.497 e. The number of ether oxygens (including phenoxy) is 3. The van der Waals surface area contributed by atoms with Crippen LogP contribution in [-0.2, 0) is 26.0 Å². The molecule has 0 radical (unpaired) electrons. The van der Waals surface area contributed by atoms with E-state index < -0.39 is 0 Å². The van der Waals surface area contributed by atoms with Crippen LogP contribution in [0.2, 0.25) is 0 Å². The summed E-state index contributed by atoms with van der Waals surface area (Å²) in [6.07, 6.45) is 1.93. The third-order valence-electron chi connectivity index (χ3n) is 7.33. The van der Waals surface area contributed by atoms with Gasteiger partial charge in [0.15, 0.2) is 11.5 Å². The fourth-order valence-electron chi connectivity index (χ4n) is 5.47. The highest BCUT2D eigenvalue weighted by Crippen LogP contribution is 2.44. The average molecular weight is 466 g/mol. The van der Waals surface area contributed by atoms with E-state index >= 15 is 0 Å². The van der Waals surface area contributed by atoms with Crippen LogP contribution in [0.15, 0.2) is 54.6 Å². The van der Waals surface area contributed by atoms with E-state index in [1.54, 1.807) is 14.2 Å². The van der Waals surface area contributed by atoms with Crippen molar-refractivity contribution >= 4 is 10.9 Å². The molecule has 3 heterocycles. The zero-order valence-corrected chi connectivity index (χ0v) is 19.9. The zero-order valence-electron chi connectivity index (χ0n) is 19.9. The van der Waals surface area contributed by atoms with Crippen LogP contribution in [0, 0.1) is 11.3 Å². The van der Waals surface area contributed by atoms with Crippen LogP contribution in [0.1, 0.15) is 39.6 Å². The van der Waals surface area contributed by atoms with Crippen LogP contribution in [0.3, 0.4) is 0 Å². The summed E-state index contributed by atoms with van der Waals surface area (Å²) in [5.41, 5.74) is 8.17. The molecule has 0 saturated carbocycles. The van der Waals surface area contributed by atoms with Crippen molar-refractivity contribution in [3.8, 4) is 23.3 Å². The summed E-state index contributed by atoms with van der Waals surface area (Å²) in [5.74, 6) is 2.40. The highest BCUT2D eigenvalue weighted by molar-refractivity contribution is 5.86. The Hall–Kier alpha value is -3.95. The van der Waals surface area contributed by atoms with Gasteiger partial charge in [0.1, 0.15) is 12.4 Å². The van der Waals surface area contributed by atoms with Crippen molar-refractivity contribution in [2.75, 3.05) is 20.8 Å². The first kappa shape index (κ1) is 21.6. The van der Waals surface area contributed by atoms with Crippen LogP contribution >= 0.6 is 0 Å². The van der Waals surface area contributed by atoms with Crippen molar-refractivity contribution < 1.29 is 14.2 Å². The standard InChI is InChI=1S/C29H27N3O3/c1-33-21-7-8-25-23(12-21)24-13-27-22-14-28(34-2)29(35-17-19-5-3-18(15-30)4-6-19)11-20(22)9-10-32(27)16-26(24)31-25/h3-8,11-12,14,27,31H,9-10,13,16-17H2,1-2H3. The van der Waals surface area contributed by atoms with Crippen molar-refractivity contribution in [2.45, 2.75) is 32.0 Å². The zero-order chi connectivity index (χ0) is 23.9. The number of nitrogens with one attached hydrogen (secondary N) is 1. The number of rotatable bonds is 5. The lowest BCUT2D eigenvalue weighted by Crippen LogP contribution is -2.39. The summed E-state index contributed by atoms with van der Waals surface area (Å²) in [6, 6.07) is 20.5. The first-order valence-electron chi connectivity index (χ1n) is 11.9.